The molecule has 1 aromatic heterocycles. The molecule has 0 amide bonds. The summed E-state index contributed by atoms with van der Waals surface area (Å²) in [5.74, 6) is 0. The zero-order valence-corrected chi connectivity index (χ0v) is 9.03. The van der Waals surface area contributed by atoms with Crippen molar-refractivity contribution in [2.45, 2.75) is 39.2 Å². The molecule has 15 heavy (non-hydrogen) atoms. The summed E-state index contributed by atoms with van der Waals surface area (Å²) in [5.41, 5.74) is 7.21. The molecule has 2 N–H and O–H groups in total. The van der Waals surface area contributed by atoms with Crippen molar-refractivity contribution >= 4 is 5.69 Å². The van der Waals surface area contributed by atoms with E-state index in [1.807, 2.05) is 11.6 Å². The Morgan fingerprint density at radius 1 is 1.60 bits per heavy atom. The van der Waals surface area contributed by atoms with Gasteiger partial charge in [0.2, 0.25) is 0 Å². The van der Waals surface area contributed by atoms with Crippen molar-refractivity contribution in [3.05, 3.63) is 11.9 Å². The molecule has 0 unspecified atom stereocenters. The average Bonchev–Trinajstić information content (AvgIpc) is 2.82. The highest BCUT2D eigenvalue weighted by molar-refractivity contribution is 5.39. The molecule has 0 spiro atoms. The zero-order chi connectivity index (χ0) is 10.9. The Morgan fingerprint density at radius 3 is 2.73 bits per heavy atom. The van der Waals surface area contributed by atoms with Gasteiger partial charge >= 0.3 is 0 Å². The predicted molar refractivity (Wildman–Crippen MR) is 57.9 cm³/mol. The van der Waals surface area contributed by atoms with Crippen molar-refractivity contribution in [1.29, 1.82) is 5.26 Å². The Morgan fingerprint density at radius 2 is 2.27 bits per heavy atom. The Hall–Kier alpha value is -1.50. The molecule has 4 nitrogen and oxygen atoms in total. The van der Waals surface area contributed by atoms with Crippen molar-refractivity contribution in [3.63, 3.8) is 0 Å². The summed E-state index contributed by atoms with van der Waals surface area (Å²) < 4.78 is 1.86. The maximum Gasteiger partial charge on any atom is 0.0769 e. The van der Waals surface area contributed by atoms with E-state index in [4.69, 9.17) is 5.73 Å². The van der Waals surface area contributed by atoms with Crippen LogP contribution in [0.1, 0.15) is 31.4 Å². The van der Waals surface area contributed by atoms with Crippen LogP contribution in [0.4, 0.5) is 5.69 Å². The van der Waals surface area contributed by atoms with E-state index in [1.165, 1.54) is 0 Å². The Labute approximate surface area is 89.7 Å². The fourth-order valence-corrected chi connectivity index (χ4v) is 2.26. The van der Waals surface area contributed by atoms with Crippen LogP contribution in [0, 0.1) is 23.7 Å². The Bertz CT molecular complexity index is 393. The quantitative estimate of drug-likeness (QED) is 0.799. The van der Waals surface area contributed by atoms with Gasteiger partial charge in [-0.1, -0.05) is 12.8 Å². The van der Waals surface area contributed by atoms with E-state index in [0.717, 1.165) is 31.4 Å². The maximum atomic E-state index is 9.25. The van der Waals surface area contributed by atoms with Crippen LogP contribution >= 0.6 is 0 Å². The molecule has 1 saturated carbocycles. The number of hydrogen-bond donors (Lipinski definition) is 1. The number of hydrogen-bond acceptors (Lipinski definition) is 3. The molecule has 0 bridgehead atoms. The SMILES string of the molecule is Cc1c(N)cnn1CC1(C#N)CCCC1. The molecule has 0 atom stereocenters. The average molecular weight is 204 g/mol. The first-order valence-electron chi connectivity index (χ1n) is 5.36. The van der Waals surface area contributed by atoms with Crippen molar-refractivity contribution in [1.82, 2.24) is 9.78 Å². The van der Waals surface area contributed by atoms with Crippen LogP contribution in [0.3, 0.4) is 0 Å². The van der Waals surface area contributed by atoms with Gasteiger partial charge in [-0.25, -0.2) is 0 Å². The van der Waals surface area contributed by atoms with Gasteiger partial charge in [0.15, 0.2) is 0 Å². The fraction of sp³-hybridized carbons (Fsp3) is 0.636. The largest absolute Gasteiger partial charge is 0.396 e. The monoisotopic (exact) mass is 204 g/mol. The highest BCUT2D eigenvalue weighted by atomic mass is 15.3. The molecule has 80 valence electrons. The number of rotatable bonds is 2. The number of nitrogen functional groups attached to an aromatic ring is 1. The third-order valence-electron chi connectivity index (χ3n) is 3.39. The molecule has 1 aliphatic rings. The minimum atomic E-state index is -0.205. The lowest BCUT2D eigenvalue weighted by Gasteiger charge is -2.20. The minimum absolute atomic E-state index is 0.205. The second kappa shape index (κ2) is 3.58. The van der Waals surface area contributed by atoms with E-state index in [1.54, 1.807) is 6.20 Å². The van der Waals surface area contributed by atoms with E-state index >= 15 is 0 Å². The fourth-order valence-electron chi connectivity index (χ4n) is 2.26. The molecular formula is C11H16N4. The normalized spacial score (nSPS) is 18.9. The van der Waals surface area contributed by atoms with Crippen LogP contribution in [0.25, 0.3) is 0 Å². The Kier molecular flexibility index (Phi) is 2.39. The molecule has 0 saturated heterocycles. The molecule has 2 rings (SSSR count). The number of nitriles is 1. The minimum Gasteiger partial charge on any atom is -0.396 e. The molecule has 4 heteroatoms. The van der Waals surface area contributed by atoms with Crippen molar-refractivity contribution < 1.29 is 0 Å². The summed E-state index contributed by atoms with van der Waals surface area (Å²) in [6.07, 6.45) is 5.95. The van der Waals surface area contributed by atoms with Gasteiger partial charge in [0.1, 0.15) is 0 Å². The lowest BCUT2D eigenvalue weighted by Crippen LogP contribution is -2.23. The predicted octanol–water partition coefficient (Wildman–Crippen LogP) is 1.86. The van der Waals surface area contributed by atoms with Crippen LogP contribution in [0.15, 0.2) is 6.20 Å². The molecule has 1 aromatic rings. The summed E-state index contributed by atoms with van der Waals surface area (Å²) in [6.45, 7) is 2.63. The van der Waals surface area contributed by atoms with Gasteiger partial charge in [-0.2, -0.15) is 10.4 Å². The second-order valence-electron chi connectivity index (χ2n) is 4.44. The van der Waals surface area contributed by atoms with Gasteiger partial charge in [-0.15, -0.1) is 0 Å². The van der Waals surface area contributed by atoms with Gasteiger partial charge in [-0.3, -0.25) is 4.68 Å². The van der Waals surface area contributed by atoms with Crippen molar-refractivity contribution in [2.24, 2.45) is 5.41 Å². The lowest BCUT2D eigenvalue weighted by molar-refractivity contribution is 0.323. The first-order valence-corrected chi connectivity index (χ1v) is 5.36. The third-order valence-corrected chi connectivity index (χ3v) is 3.39. The van der Waals surface area contributed by atoms with E-state index in [0.29, 0.717) is 12.2 Å². The number of anilines is 1. The molecular weight excluding hydrogens is 188 g/mol. The molecule has 0 aromatic carbocycles. The highest BCUT2D eigenvalue weighted by Gasteiger charge is 2.35. The van der Waals surface area contributed by atoms with Gasteiger partial charge in [0, 0.05) is 0 Å². The lowest BCUT2D eigenvalue weighted by atomic mass is 9.88. The van der Waals surface area contributed by atoms with Gasteiger partial charge in [0.25, 0.3) is 0 Å². The highest BCUT2D eigenvalue weighted by Crippen LogP contribution is 2.39. The van der Waals surface area contributed by atoms with E-state index in [-0.39, 0.29) is 5.41 Å². The van der Waals surface area contributed by atoms with Gasteiger partial charge < -0.3 is 5.73 Å². The summed E-state index contributed by atoms with van der Waals surface area (Å²) in [7, 11) is 0. The number of nitrogens with two attached hydrogens (primary N) is 1. The molecule has 0 aliphatic heterocycles. The summed E-state index contributed by atoms with van der Waals surface area (Å²) in [4.78, 5) is 0. The summed E-state index contributed by atoms with van der Waals surface area (Å²) in [5, 5.41) is 13.5. The molecule has 0 radical (unpaired) electrons. The topological polar surface area (TPSA) is 67.6 Å². The Balaban J connectivity index is 2.21. The van der Waals surface area contributed by atoms with Crippen molar-refractivity contribution in [2.75, 3.05) is 5.73 Å². The van der Waals surface area contributed by atoms with Gasteiger partial charge in [0.05, 0.1) is 35.6 Å². The summed E-state index contributed by atoms with van der Waals surface area (Å²) >= 11 is 0. The first-order chi connectivity index (χ1) is 7.17. The number of aromatic nitrogens is 2. The van der Waals surface area contributed by atoms with Crippen LogP contribution in [-0.4, -0.2) is 9.78 Å². The zero-order valence-electron chi connectivity index (χ0n) is 9.03. The third kappa shape index (κ3) is 1.70. The van der Waals surface area contributed by atoms with Crippen LogP contribution in [0.2, 0.25) is 0 Å². The van der Waals surface area contributed by atoms with E-state index < -0.39 is 0 Å². The number of nitrogens with zero attached hydrogens (tertiary/aromatic N) is 3. The molecule has 1 heterocycles. The van der Waals surface area contributed by atoms with Crippen LogP contribution < -0.4 is 5.73 Å². The second-order valence-corrected chi connectivity index (χ2v) is 4.44. The van der Waals surface area contributed by atoms with Crippen LogP contribution in [-0.2, 0) is 6.54 Å². The van der Waals surface area contributed by atoms with E-state index in [9.17, 15) is 5.26 Å². The molecule has 1 fully saturated rings. The molecule has 1 aliphatic carbocycles. The first kappa shape index (κ1) is 10.0. The standard InChI is InChI=1S/C11H16N4/c1-9-10(13)6-14-15(9)8-11(7-12)4-2-3-5-11/h6H,2-5,8,13H2,1H3. The smallest absolute Gasteiger partial charge is 0.0769 e. The summed E-state index contributed by atoms with van der Waals surface area (Å²) in [6, 6.07) is 2.46. The maximum absolute atomic E-state index is 9.25. The van der Waals surface area contributed by atoms with Crippen LogP contribution in [0.5, 0.6) is 0 Å². The van der Waals surface area contributed by atoms with Gasteiger partial charge in [-0.05, 0) is 19.8 Å². The van der Waals surface area contributed by atoms with E-state index in [2.05, 4.69) is 11.2 Å². The van der Waals surface area contributed by atoms with Crippen molar-refractivity contribution in [3.8, 4) is 6.07 Å².